The molecule has 1 unspecified atom stereocenters. The number of hydrogen-bond donors (Lipinski definition) is 2. The molecule has 1 aromatic rings. The summed E-state index contributed by atoms with van der Waals surface area (Å²) in [5.74, 6) is 0.642. The van der Waals surface area contributed by atoms with Crippen LogP contribution in [0.3, 0.4) is 0 Å². The number of nitrogens with one attached hydrogen (secondary N) is 1. The summed E-state index contributed by atoms with van der Waals surface area (Å²) < 4.78 is 0. The molecule has 4 nitrogen and oxygen atoms in total. The maximum atomic E-state index is 6.10. The Kier molecular flexibility index (Phi) is 8.32. The summed E-state index contributed by atoms with van der Waals surface area (Å²) in [6, 6.07) is 11.8. The molecule has 0 amide bonds. The Balaban J connectivity index is 0.00000208. The standard InChI is InChI=1S/C19H30N4.HI/c20-19(22-17-10-5-2-6-11-17)21-14-18-12-7-13-23(18)15-16-8-3-1-4-9-16;/h1,3-4,8-9,17-18H,2,5-7,10-15H2,(H3,20,21,22);1H. The van der Waals surface area contributed by atoms with Crippen LogP contribution in [0.15, 0.2) is 35.3 Å². The molecule has 3 rings (SSSR count). The second-order valence-electron chi connectivity index (χ2n) is 6.96. The molecule has 1 heterocycles. The summed E-state index contributed by atoms with van der Waals surface area (Å²) in [7, 11) is 0. The highest BCUT2D eigenvalue weighted by molar-refractivity contribution is 14.0. The molecule has 0 radical (unpaired) electrons. The van der Waals surface area contributed by atoms with E-state index in [2.05, 4.69) is 45.5 Å². The first kappa shape index (κ1) is 19.5. The topological polar surface area (TPSA) is 53.6 Å². The van der Waals surface area contributed by atoms with Crippen molar-refractivity contribution in [3.63, 3.8) is 0 Å². The number of likely N-dealkylation sites (tertiary alicyclic amines) is 1. The molecule has 1 aromatic carbocycles. The van der Waals surface area contributed by atoms with Gasteiger partial charge in [0.05, 0.1) is 6.54 Å². The minimum absolute atomic E-state index is 0. The van der Waals surface area contributed by atoms with Crippen molar-refractivity contribution >= 4 is 29.9 Å². The summed E-state index contributed by atoms with van der Waals surface area (Å²) in [6.45, 7) is 3.01. The molecule has 0 aromatic heterocycles. The lowest BCUT2D eigenvalue weighted by Crippen LogP contribution is -2.42. The number of nitrogens with zero attached hydrogens (tertiary/aromatic N) is 2. The molecule has 1 aliphatic carbocycles. The zero-order valence-corrected chi connectivity index (χ0v) is 16.8. The van der Waals surface area contributed by atoms with Crippen LogP contribution >= 0.6 is 24.0 Å². The molecule has 1 saturated heterocycles. The molecule has 3 N–H and O–H groups in total. The Morgan fingerprint density at radius 3 is 2.58 bits per heavy atom. The molecular formula is C19H31IN4. The number of hydrogen-bond acceptors (Lipinski definition) is 2. The third-order valence-electron chi connectivity index (χ3n) is 5.16. The van der Waals surface area contributed by atoms with Crippen molar-refractivity contribution in [2.45, 2.75) is 63.6 Å². The van der Waals surface area contributed by atoms with E-state index in [0.29, 0.717) is 18.0 Å². The van der Waals surface area contributed by atoms with Crippen LogP contribution in [0.4, 0.5) is 0 Å². The lowest BCUT2D eigenvalue weighted by atomic mass is 9.96. The van der Waals surface area contributed by atoms with Gasteiger partial charge in [0.25, 0.3) is 0 Å². The third kappa shape index (κ3) is 5.92. The van der Waals surface area contributed by atoms with E-state index in [4.69, 9.17) is 5.73 Å². The van der Waals surface area contributed by atoms with E-state index in [0.717, 1.165) is 13.1 Å². The van der Waals surface area contributed by atoms with Crippen LogP contribution in [-0.4, -0.2) is 36.0 Å². The zero-order valence-electron chi connectivity index (χ0n) is 14.5. The SMILES string of the molecule is I.NC(=NCC1CCCN1Cc1ccccc1)NC1CCCCC1. The number of aliphatic imine (C=N–C) groups is 1. The average Bonchev–Trinajstić information content (AvgIpc) is 3.02. The van der Waals surface area contributed by atoms with Crippen LogP contribution in [-0.2, 0) is 6.54 Å². The molecule has 134 valence electrons. The van der Waals surface area contributed by atoms with E-state index >= 15 is 0 Å². The highest BCUT2D eigenvalue weighted by Crippen LogP contribution is 2.20. The first-order valence-electron chi connectivity index (χ1n) is 9.16. The van der Waals surface area contributed by atoms with Crippen LogP contribution in [0.25, 0.3) is 0 Å². The van der Waals surface area contributed by atoms with E-state index in [-0.39, 0.29) is 24.0 Å². The van der Waals surface area contributed by atoms with Gasteiger partial charge < -0.3 is 11.1 Å². The van der Waals surface area contributed by atoms with Gasteiger partial charge in [0.1, 0.15) is 0 Å². The van der Waals surface area contributed by atoms with Gasteiger partial charge >= 0.3 is 0 Å². The van der Waals surface area contributed by atoms with E-state index in [1.54, 1.807) is 0 Å². The summed E-state index contributed by atoms with van der Waals surface area (Å²) in [6.07, 6.45) is 8.97. The van der Waals surface area contributed by atoms with E-state index < -0.39 is 0 Å². The van der Waals surface area contributed by atoms with Crippen molar-refractivity contribution in [2.75, 3.05) is 13.1 Å². The highest BCUT2D eigenvalue weighted by atomic mass is 127. The summed E-state index contributed by atoms with van der Waals surface area (Å²) >= 11 is 0. The smallest absolute Gasteiger partial charge is 0.188 e. The van der Waals surface area contributed by atoms with Gasteiger partial charge in [-0.3, -0.25) is 9.89 Å². The summed E-state index contributed by atoms with van der Waals surface area (Å²) in [5, 5.41) is 3.42. The Morgan fingerprint density at radius 2 is 1.83 bits per heavy atom. The van der Waals surface area contributed by atoms with Gasteiger partial charge in [0, 0.05) is 18.6 Å². The Labute approximate surface area is 163 Å². The van der Waals surface area contributed by atoms with Crippen molar-refractivity contribution in [1.29, 1.82) is 0 Å². The summed E-state index contributed by atoms with van der Waals surface area (Å²) in [4.78, 5) is 7.18. The van der Waals surface area contributed by atoms with Gasteiger partial charge in [-0.05, 0) is 37.8 Å². The summed E-state index contributed by atoms with van der Waals surface area (Å²) in [5.41, 5.74) is 7.49. The largest absolute Gasteiger partial charge is 0.370 e. The van der Waals surface area contributed by atoms with Gasteiger partial charge in [-0.25, -0.2) is 0 Å². The maximum Gasteiger partial charge on any atom is 0.188 e. The molecule has 1 atom stereocenters. The van der Waals surface area contributed by atoms with Crippen molar-refractivity contribution < 1.29 is 0 Å². The van der Waals surface area contributed by atoms with E-state index in [1.165, 1.54) is 57.1 Å². The monoisotopic (exact) mass is 442 g/mol. The number of benzene rings is 1. The second kappa shape index (κ2) is 10.2. The molecule has 2 fully saturated rings. The molecule has 2 aliphatic rings. The van der Waals surface area contributed by atoms with Crippen LogP contribution in [0.2, 0.25) is 0 Å². The maximum absolute atomic E-state index is 6.10. The van der Waals surface area contributed by atoms with Gasteiger partial charge in [-0.1, -0.05) is 49.6 Å². The molecule has 5 heteroatoms. The second-order valence-corrected chi connectivity index (χ2v) is 6.96. The average molecular weight is 442 g/mol. The lowest BCUT2D eigenvalue weighted by Gasteiger charge is -2.25. The van der Waals surface area contributed by atoms with Crippen LogP contribution in [0, 0.1) is 0 Å². The lowest BCUT2D eigenvalue weighted by molar-refractivity contribution is 0.250. The fourth-order valence-corrected chi connectivity index (χ4v) is 3.83. The number of guanidine groups is 1. The van der Waals surface area contributed by atoms with Crippen LogP contribution < -0.4 is 11.1 Å². The first-order chi connectivity index (χ1) is 11.3. The Bertz CT molecular complexity index is 499. The normalized spacial score (nSPS) is 23.0. The molecule has 1 aliphatic heterocycles. The first-order valence-corrected chi connectivity index (χ1v) is 9.16. The van der Waals surface area contributed by atoms with Crippen LogP contribution in [0.1, 0.15) is 50.5 Å². The van der Waals surface area contributed by atoms with E-state index in [1.807, 2.05) is 0 Å². The predicted octanol–water partition coefficient (Wildman–Crippen LogP) is 3.51. The minimum Gasteiger partial charge on any atom is -0.370 e. The van der Waals surface area contributed by atoms with Gasteiger partial charge in [0.15, 0.2) is 5.96 Å². The molecule has 24 heavy (non-hydrogen) atoms. The third-order valence-corrected chi connectivity index (χ3v) is 5.16. The van der Waals surface area contributed by atoms with Gasteiger partial charge in [-0.2, -0.15) is 0 Å². The molecule has 0 spiro atoms. The Morgan fingerprint density at radius 1 is 1.08 bits per heavy atom. The molecule has 0 bridgehead atoms. The molecular weight excluding hydrogens is 411 g/mol. The fraction of sp³-hybridized carbons (Fsp3) is 0.632. The predicted molar refractivity (Wildman–Crippen MR) is 112 cm³/mol. The van der Waals surface area contributed by atoms with Crippen molar-refractivity contribution in [3.8, 4) is 0 Å². The number of nitrogens with two attached hydrogens (primary N) is 1. The van der Waals surface area contributed by atoms with Crippen molar-refractivity contribution in [2.24, 2.45) is 10.7 Å². The van der Waals surface area contributed by atoms with Crippen LogP contribution in [0.5, 0.6) is 0 Å². The van der Waals surface area contributed by atoms with Crippen molar-refractivity contribution in [1.82, 2.24) is 10.2 Å². The highest BCUT2D eigenvalue weighted by Gasteiger charge is 2.24. The fourth-order valence-electron chi connectivity index (χ4n) is 3.83. The quantitative estimate of drug-likeness (QED) is 0.417. The zero-order chi connectivity index (χ0) is 15.9. The van der Waals surface area contributed by atoms with Gasteiger partial charge in [-0.15, -0.1) is 24.0 Å². The number of halogens is 1. The minimum atomic E-state index is 0. The number of rotatable bonds is 5. The Hall–Kier alpha value is -0.820. The van der Waals surface area contributed by atoms with E-state index in [9.17, 15) is 0 Å². The molecule has 1 saturated carbocycles. The van der Waals surface area contributed by atoms with Gasteiger partial charge in [0.2, 0.25) is 0 Å². The van der Waals surface area contributed by atoms with Crippen molar-refractivity contribution in [3.05, 3.63) is 35.9 Å².